The summed E-state index contributed by atoms with van der Waals surface area (Å²) in [5.74, 6) is -1.13. The Morgan fingerprint density at radius 2 is 1.95 bits per heavy atom. The van der Waals surface area contributed by atoms with E-state index in [1.807, 2.05) is 26.0 Å². The van der Waals surface area contributed by atoms with Gasteiger partial charge in [0.05, 0.1) is 12.7 Å². The predicted molar refractivity (Wildman–Crippen MR) is 82.7 cm³/mol. The Labute approximate surface area is 130 Å². The van der Waals surface area contributed by atoms with E-state index in [4.69, 9.17) is 4.74 Å². The highest BCUT2D eigenvalue weighted by atomic mass is 16.5. The number of nitrogens with zero attached hydrogens (tertiary/aromatic N) is 1. The van der Waals surface area contributed by atoms with Crippen LogP contribution in [-0.4, -0.2) is 40.6 Å². The van der Waals surface area contributed by atoms with Crippen LogP contribution in [0.15, 0.2) is 24.3 Å². The highest BCUT2D eigenvalue weighted by Gasteiger charge is 2.32. The van der Waals surface area contributed by atoms with E-state index >= 15 is 0 Å². The van der Waals surface area contributed by atoms with Gasteiger partial charge in [-0.15, -0.1) is 0 Å². The lowest BCUT2D eigenvalue weighted by molar-refractivity contribution is -0.143. The molecule has 5 heteroatoms. The molecule has 1 N–H and O–H groups in total. The Morgan fingerprint density at radius 1 is 1.27 bits per heavy atom. The SMILES string of the molecule is CC(C)OCc1ccc(C(=O)N2CCCC[C@@H]2C(=O)O)cc1. The number of aliphatic carboxylic acids is 1. The minimum absolute atomic E-state index is 0.158. The maximum absolute atomic E-state index is 12.5. The Balaban J connectivity index is 2.06. The van der Waals surface area contributed by atoms with Gasteiger partial charge in [0.2, 0.25) is 0 Å². The van der Waals surface area contributed by atoms with Crippen LogP contribution in [0.4, 0.5) is 0 Å². The first kappa shape index (κ1) is 16.5. The summed E-state index contributed by atoms with van der Waals surface area (Å²) in [5.41, 5.74) is 1.53. The normalized spacial score (nSPS) is 18.5. The zero-order valence-corrected chi connectivity index (χ0v) is 13.1. The molecule has 1 saturated heterocycles. The van der Waals surface area contributed by atoms with Gasteiger partial charge in [0.25, 0.3) is 5.91 Å². The van der Waals surface area contributed by atoms with Crippen molar-refractivity contribution < 1.29 is 19.4 Å². The second-order valence-corrected chi connectivity index (χ2v) is 5.91. The van der Waals surface area contributed by atoms with Crippen molar-refractivity contribution in [3.63, 3.8) is 0 Å². The minimum atomic E-state index is -0.921. The molecular weight excluding hydrogens is 282 g/mol. The molecule has 0 radical (unpaired) electrons. The number of carboxylic acids is 1. The average molecular weight is 305 g/mol. The van der Waals surface area contributed by atoms with Gasteiger partial charge < -0.3 is 14.7 Å². The third-order valence-corrected chi connectivity index (χ3v) is 3.83. The van der Waals surface area contributed by atoms with Gasteiger partial charge in [-0.3, -0.25) is 4.79 Å². The van der Waals surface area contributed by atoms with Crippen molar-refractivity contribution in [1.29, 1.82) is 0 Å². The third kappa shape index (κ3) is 4.07. The fourth-order valence-electron chi connectivity index (χ4n) is 2.60. The number of rotatable bonds is 5. The van der Waals surface area contributed by atoms with E-state index in [1.54, 1.807) is 12.1 Å². The Morgan fingerprint density at radius 3 is 2.55 bits per heavy atom. The highest BCUT2D eigenvalue weighted by molar-refractivity contribution is 5.96. The number of likely N-dealkylation sites (tertiary alicyclic amines) is 1. The summed E-state index contributed by atoms with van der Waals surface area (Å²) in [6.07, 6.45) is 2.40. The topological polar surface area (TPSA) is 66.8 Å². The van der Waals surface area contributed by atoms with Gasteiger partial charge in [-0.25, -0.2) is 4.79 Å². The third-order valence-electron chi connectivity index (χ3n) is 3.83. The molecule has 1 aromatic rings. The first-order valence-corrected chi connectivity index (χ1v) is 7.73. The molecule has 22 heavy (non-hydrogen) atoms. The number of ether oxygens (including phenoxy) is 1. The summed E-state index contributed by atoms with van der Waals surface area (Å²) in [5, 5.41) is 9.26. The summed E-state index contributed by atoms with van der Waals surface area (Å²) in [4.78, 5) is 25.3. The molecule has 0 aromatic heterocycles. The molecule has 0 spiro atoms. The molecule has 2 rings (SSSR count). The standard InChI is InChI=1S/C17H23NO4/c1-12(2)22-11-13-6-8-14(9-7-13)16(19)18-10-4-3-5-15(18)17(20)21/h6-9,12,15H,3-5,10-11H2,1-2H3,(H,20,21)/t15-/m1/s1. The van der Waals surface area contributed by atoms with E-state index in [1.165, 1.54) is 4.90 Å². The summed E-state index contributed by atoms with van der Waals surface area (Å²) in [6.45, 7) is 4.96. The maximum atomic E-state index is 12.5. The van der Waals surface area contributed by atoms with E-state index in [0.29, 0.717) is 25.1 Å². The lowest BCUT2D eigenvalue weighted by Crippen LogP contribution is -2.47. The van der Waals surface area contributed by atoms with Gasteiger partial charge in [0, 0.05) is 12.1 Å². The summed E-state index contributed by atoms with van der Waals surface area (Å²) in [6, 6.07) is 6.50. The van der Waals surface area contributed by atoms with Crippen LogP contribution < -0.4 is 0 Å². The number of carbonyl (C=O) groups is 2. The smallest absolute Gasteiger partial charge is 0.326 e. The zero-order chi connectivity index (χ0) is 16.1. The van der Waals surface area contributed by atoms with Crippen LogP contribution in [0, 0.1) is 0 Å². The van der Waals surface area contributed by atoms with E-state index in [0.717, 1.165) is 18.4 Å². The number of hydrogen-bond acceptors (Lipinski definition) is 3. The van der Waals surface area contributed by atoms with Gasteiger partial charge in [-0.05, 0) is 50.8 Å². The number of carbonyl (C=O) groups excluding carboxylic acids is 1. The van der Waals surface area contributed by atoms with Gasteiger partial charge in [-0.1, -0.05) is 12.1 Å². The van der Waals surface area contributed by atoms with Crippen molar-refractivity contribution in [2.45, 2.75) is 51.9 Å². The highest BCUT2D eigenvalue weighted by Crippen LogP contribution is 2.20. The van der Waals surface area contributed by atoms with Crippen LogP contribution in [0.5, 0.6) is 0 Å². The van der Waals surface area contributed by atoms with Gasteiger partial charge in [0.1, 0.15) is 6.04 Å². The van der Waals surface area contributed by atoms with Crippen molar-refractivity contribution >= 4 is 11.9 Å². The summed E-state index contributed by atoms with van der Waals surface area (Å²) >= 11 is 0. The lowest BCUT2D eigenvalue weighted by atomic mass is 10.0. The number of carboxylic acid groups (broad SMARTS) is 1. The molecule has 120 valence electrons. The summed E-state index contributed by atoms with van der Waals surface area (Å²) in [7, 11) is 0. The first-order chi connectivity index (χ1) is 10.5. The van der Waals surface area contributed by atoms with E-state index in [2.05, 4.69) is 0 Å². The number of piperidine rings is 1. The van der Waals surface area contributed by atoms with Crippen molar-refractivity contribution in [3.8, 4) is 0 Å². The molecular formula is C17H23NO4. The van der Waals surface area contributed by atoms with E-state index < -0.39 is 12.0 Å². The molecule has 5 nitrogen and oxygen atoms in total. The molecule has 0 saturated carbocycles. The number of amides is 1. The molecule has 1 atom stereocenters. The molecule has 1 amide bonds. The molecule has 0 unspecified atom stereocenters. The maximum Gasteiger partial charge on any atom is 0.326 e. The van der Waals surface area contributed by atoms with Crippen LogP contribution in [0.2, 0.25) is 0 Å². The largest absolute Gasteiger partial charge is 0.480 e. The molecule has 1 aliphatic rings. The Hall–Kier alpha value is -1.88. The van der Waals surface area contributed by atoms with Crippen molar-refractivity contribution in [1.82, 2.24) is 4.90 Å². The first-order valence-electron chi connectivity index (χ1n) is 7.73. The Kier molecular flexibility index (Phi) is 5.55. The van der Waals surface area contributed by atoms with E-state index in [9.17, 15) is 14.7 Å². The fourth-order valence-corrected chi connectivity index (χ4v) is 2.60. The minimum Gasteiger partial charge on any atom is -0.480 e. The van der Waals surface area contributed by atoms with Crippen LogP contribution in [0.3, 0.4) is 0 Å². The second-order valence-electron chi connectivity index (χ2n) is 5.91. The van der Waals surface area contributed by atoms with Crippen molar-refractivity contribution in [2.75, 3.05) is 6.54 Å². The monoisotopic (exact) mass is 305 g/mol. The molecule has 1 aliphatic heterocycles. The molecule has 0 aliphatic carbocycles. The van der Waals surface area contributed by atoms with Crippen molar-refractivity contribution in [3.05, 3.63) is 35.4 Å². The van der Waals surface area contributed by atoms with Gasteiger partial charge in [0.15, 0.2) is 0 Å². The quantitative estimate of drug-likeness (QED) is 0.908. The molecule has 0 bridgehead atoms. The van der Waals surface area contributed by atoms with Crippen LogP contribution >= 0.6 is 0 Å². The van der Waals surface area contributed by atoms with Gasteiger partial charge in [-0.2, -0.15) is 0 Å². The van der Waals surface area contributed by atoms with Crippen LogP contribution in [0.25, 0.3) is 0 Å². The van der Waals surface area contributed by atoms with E-state index in [-0.39, 0.29) is 12.0 Å². The van der Waals surface area contributed by atoms with Crippen LogP contribution in [0.1, 0.15) is 49.0 Å². The molecule has 1 fully saturated rings. The predicted octanol–water partition coefficient (Wildman–Crippen LogP) is 2.69. The molecule has 1 aromatic carbocycles. The van der Waals surface area contributed by atoms with Crippen LogP contribution in [-0.2, 0) is 16.1 Å². The van der Waals surface area contributed by atoms with Crippen molar-refractivity contribution in [2.24, 2.45) is 0 Å². The average Bonchev–Trinajstić information content (AvgIpc) is 2.52. The number of benzene rings is 1. The molecule has 1 heterocycles. The van der Waals surface area contributed by atoms with Gasteiger partial charge >= 0.3 is 5.97 Å². The lowest BCUT2D eigenvalue weighted by Gasteiger charge is -2.33. The zero-order valence-electron chi connectivity index (χ0n) is 13.1. The summed E-state index contributed by atoms with van der Waals surface area (Å²) < 4.78 is 5.52. The number of hydrogen-bond donors (Lipinski definition) is 1. The Bertz CT molecular complexity index is 524. The fraction of sp³-hybridized carbons (Fsp3) is 0.529. The second kappa shape index (κ2) is 7.40.